The van der Waals surface area contributed by atoms with E-state index in [0.29, 0.717) is 21.5 Å². The zero-order chi connectivity index (χ0) is 22.2. The molecule has 0 aromatic heterocycles. The molecule has 3 aromatic rings. The normalized spacial score (nSPS) is 12.6. The van der Waals surface area contributed by atoms with E-state index in [4.69, 9.17) is 37.4 Å². The van der Waals surface area contributed by atoms with E-state index in [-0.39, 0.29) is 19.1 Å². The number of rotatable bonds is 9. The van der Waals surface area contributed by atoms with E-state index in [9.17, 15) is 4.79 Å². The summed E-state index contributed by atoms with van der Waals surface area (Å²) in [6, 6.07) is 22.4. The Bertz CT molecular complexity index is 1010. The first-order chi connectivity index (χ1) is 15.0. The van der Waals surface area contributed by atoms with Gasteiger partial charge in [-0.25, -0.2) is 4.79 Å². The molecule has 0 aliphatic rings. The van der Waals surface area contributed by atoms with Gasteiger partial charge in [-0.15, -0.1) is 0 Å². The minimum atomic E-state index is -0.867. The van der Waals surface area contributed by atoms with E-state index in [0.717, 1.165) is 11.1 Å². The minimum Gasteiger partial charge on any atom is -0.482 e. The number of hydrogen-bond donors (Lipinski definition) is 0. The topological polar surface area (TPSA) is 44.8 Å². The molecule has 3 rings (SSSR count). The fourth-order valence-electron chi connectivity index (χ4n) is 3.07. The maximum absolute atomic E-state index is 12.6. The molecule has 3 aromatic carbocycles. The van der Waals surface area contributed by atoms with E-state index in [1.165, 1.54) is 0 Å². The van der Waals surface area contributed by atoms with Crippen LogP contribution in [0.4, 0.5) is 0 Å². The number of esters is 1. The van der Waals surface area contributed by atoms with Crippen molar-refractivity contribution in [2.45, 2.75) is 32.5 Å². The molecular weight excluding hydrogens is 435 g/mol. The first kappa shape index (κ1) is 23.0. The Labute approximate surface area is 192 Å². The summed E-state index contributed by atoms with van der Waals surface area (Å²) in [4.78, 5) is 12.6. The van der Waals surface area contributed by atoms with Gasteiger partial charge in [-0.2, -0.15) is 0 Å². The maximum Gasteiger partial charge on any atom is 0.347 e. The Morgan fingerprint density at radius 2 is 1.52 bits per heavy atom. The molecule has 162 valence electrons. The van der Waals surface area contributed by atoms with Crippen molar-refractivity contribution in [3.63, 3.8) is 0 Å². The Hall–Kier alpha value is -2.69. The van der Waals surface area contributed by atoms with Gasteiger partial charge in [0.25, 0.3) is 0 Å². The number of benzene rings is 3. The summed E-state index contributed by atoms with van der Waals surface area (Å²) in [5, 5.41) is 0.870. The summed E-state index contributed by atoms with van der Waals surface area (Å²) in [5.74, 6) is 0.546. The van der Waals surface area contributed by atoms with Crippen molar-refractivity contribution >= 4 is 29.2 Å². The summed E-state index contributed by atoms with van der Waals surface area (Å²) >= 11 is 12.1. The van der Waals surface area contributed by atoms with Gasteiger partial charge in [-0.1, -0.05) is 71.7 Å². The second kappa shape index (κ2) is 11.1. The average molecular weight is 459 g/mol. The molecule has 0 N–H and O–H groups in total. The van der Waals surface area contributed by atoms with Crippen LogP contribution < -0.4 is 9.47 Å². The van der Waals surface area contributed by atoms with Crippen LogP contribution in [0.2, 0.25) is 10.0 Å². The Balaban J connectivity index is 1.82. The van der Waals surface area contributed by atoms with Gasteiger partial charge in [0.2, 0.25) is 0 Å². The first-order valence-corrected chi connectivity index (χ1v) is 10.8. The molecule has 0 aliphatic heterocycles. The lowest BCUT2D eigenvalue weighted by Crippen LogP contribution is -2.32. The van der Waals surface area contributed by atoms with Gasteiger partial charge in [0, 0.05) is 6.42 Å². The van der Waals surface area contributed by atoms with E-state index >= 15 is 0 Å². The van der Waals surface area contributed by atoms with Crippen LogP contribution in [0, 0.1) is 0 Å². The molecule has 2 atom stereocenters. The molecule has 2 unspecified atom stereocenters. The predicted octanol–water partition coefficient (Wildman–Crippen LogP) is 6.69. The first-order valence-electron chi connectivity index (χ1n) is 10.1. The third-order valence-corrected chi connectivity index (χ3v) is 5.38. The monoisotopic (exact) mass is 458 g/mol. The van der Waals surface area contributed by atoms with E-state index < -0.39 is 12.1 Å². The highest BCUT2D eigenvalue weighted by Gasteiger charge is 2.24. The van der Waals surface area contributed by atoms with E-state index in [2.05, 4.69) is 0 Å². The third kappa shape index (κ3) is 6.39. The van der Waals surface area contributed by atoms with Crippen LogP contribution in [0.5, 0.6) is 11.5 Å². The number of hydrogen-bond acceptors (Lipinski definition) is 4. The molecule has 0 fully saturated rings. The second-order valence-electron chi connectivity index (χ2n) is 6.93. The van der Waals surface area contributed by atoms with Gasteiger partial charge >= 0.3 is 5.97 Å². The fourth-order valence-corrected chi connectivity index (χ4v) is 3.39. The summed E-state index contributed by atoms with van der Waals surface area (Å²) in [6.07, 6.45) is -0.783. The van der Waals surface area contributed by atoms with Gasteiger partial charge in [0.15, 0.2) is 17.6 Å². The SMILES string of the molecule is CCOC(=O)C(Cc1ccc(Cl)c(Cl)c1)Oc1ccccc1OC(C)c1ccccc1. The Kier molecular flexibility index (Phi) is 8.21. The third-order valence-electron chi connectivity index (χ3n) is 4.65. The minimum absolute atomic E-state index is 0.193. The number of para-hydroxylation sites is 2. The molecule has 0 saturated carbocycles. The van der Waals surface area contributed by atoms with Gasteiger partial charge in [-0.3, -0.25) is 0 Å². The van der Waals surface area contributed by atoms with Gasteiger partial charge in [-0.05, 0) is 49.2 Å². The molecule has 0 saturated heterocycles. The quantitative estimate of drug-likeness (QED) is 0.335. The lowest BCUT2D eigenvalue weighted by molar-refractivity contribution is -0.151. The van der Waals surface area contributed by atoms with Crippen LogP contribution in [0.1, 0.15) is 31.1 Å². The van der Waals surface area contributed by atoms with Crippen LogP contribution in [0.3, 0.4) is 0 Å². The van der Waals surface area contributed by atoms with E-state index in [1.54, 1.807) is 25.1 Å². The summed E-state index contributed by atoms with van der Waals surface area (Å²) in [7, 11) is 0. The second-order valence-corrected chi connectivity index (χ2v) is 7.74. The number of carbonyl (C=O) groups excluding carboxylic acids is 1. The van der Waals surface area contributed by atoms with Crippen molar-refractivity contribution in [3.8, 4) is 11.5 Å². The van der Waals surface area contributed by atoms with Crippen LogP contribution in [0.25, 0.3) is 0 Å². The van der Waals surface area contributed by atoms with Crippen molar-refractivity contribution in [3.05, 3.63) is 94.0 Å². The Morgan fingerprint density at radius 1 is 0.871 bits per heavy atom. The smallest absolute Gasteiger partial charge is 0.347 e. The molecule has 0 aliphatic carbocycles. The molecule has 0 spiro atoms. The molecule has 4 nitrogen and oxygen atoms in total. The summed E-state index contributed by atoms with van der Waals surface area (Å²) in [6.45, 7) is 3.97. The van der Waals surface area contributed by atoms with Crippen LogP contribution in [0.15, 0.2) is 72.8 Å². The van der Waals surface area contributed by atoms with Gasteiger partial charge in [0.1, 0.15) is 6.10 Å². The highest BCUT2D eigenvalue weighted by Crippen LogP contribution is 2.32. The standard InChI is InChI=1S/C25H24Cl2O4/c1-3-29-25(28)24(16-18-13-14-20(26)21(27)15-18)31-23-12-8-7-11-22(23)30-17(2)19-9-5-4-6-10-19/h4-15,17,24H,3,16H2,1-2H3. The molecule has 31 heavy (non-hydrogen) atoms. The van der Waals surface area contributed by atoms with Crippen molar-refractivity contribution in [1.29, 1.82) is 0 Å². The van der Waals surface area contributed by atoms with E-state index in [1.807, 2.05) is 61.5 Å². The lowest BCUT2D eigenvalue weighted by atomic mass is 10.1. The summed E-state index contributed by atoms with van der Waals surface area (Å²) < 4.78 is 17.5. The predicted molar refractivity (Wildman–Crippen MR) is 123 cm³/mol. The van der Waals surface area contributed by atoms with Crippen molar-refractivity contribution in [1.82, 2.24) is 0 Å². The van der Waals surface area contributed by atoms with Crippen molar-refractivity contribution in [2.24, 2.45) is 0 Å². The van der Waals surface area contributed by atoms with Crippen molar-refractivity contribution in [2.75, 3.05) is 6.61 Å². The molecule has 6 heteroatoms. The van der Waals surface area contributed by atoms with Crippen LogP contribution in [-0.2, 0) is 16.0 Å². The zero-order valence-corrected chi connectivity index (χ0v) is 18.9. The molecule has 0 heterocycles. The van der Waals surface area contributed by atoms with Crippen molar-refractivity contribution < 1.29 is 19.0 Å². The van der Waals surface area contributed by atoms with Gasteiger partial charge < -0.3 is 14.2 Å². The fraction of sp³-hybridized carbons (Fsp3) is 0.240. The molecule has 0 amide bonds. The van der Waals surface area contributed by atoms with Crippen LogP contribution in [-0.4, -0.2) is 18.7 Å². The number of halogens is 2. The average Bonchev–Trinajstić information content (AvgIpc) is 2.77. The number of carbonyl (C=O) groups is 1. The maximum atomic E-state index is 12.6. The molecule has 0 radical (unpaired) electrons. The Morgan fingerprint density at radius 3 is 2.16 bits per heavy atom. The van der Waals surface area contributed by atoms with Gasteiger partial charge in [0.05, 0.1) is 16.7 Å². The largest absolute Gasteiger partial charge is 0.482 e. The lowest BCUT2D eigenvalue weighted by Gasteiger charge is -2.22. The number of ether oxygens (including phenoxy) is 3. The highest BCUT2D eigenvalue weighted by molar-refractivity contribution is 6.42. The van der Waals surface area contributed by atoms with Crippen LogP contribution >= 0.6 is 23.2 Å². The zero-order valence-electron chi connectivity index (χ0n) is 17.4. The highest BCUT2D eigenvalue weighted by atomic mass is 35.5. The molecule has 0 bridgehead atoms. The molecular formula is C25H24Cl2O4. The summed E-state index contributed by atoms with van der Waals surface area (Å²) in [5.41, 5.74) is 1.85.